The molecule has 3 heteroatoms. The van der Waals surface area contributed by atoms with Crippen molar-refractivity contribution in [3.63, 3.8) is 0 Å². The molecule has 1 saturated heterocycles. The highest BCUT2D eigenvalue weighted by Gasteiger charge is 2.42. The molecule has 1 aromatic carbocycles. The van der Waals surface area contributed by atoms with E-state index in [2.05, 4.69) is 24.3 Å². The Hall–Kier alpha value is -1.61. The van der Waals surface area contributed by atoms with Crippen molar-refractivity contribution in [3.05, 3.63) is 47.5 Å². The molecule has 1 fully saturated rings. The minimum atomic E-state index is -0.150. The van der Waals surface area contributed by atoms with Crippen molar-refractivity contribution in [2.75, 3.05) is 13.1 Å². The van der Waals surface area contributed by atoms with E-state index in [0.717, 1.165) is 25.9 Å². The van der Waals surface area contributed by atoms with E-state index < -0.39 is 0 Å². The predicted molar refractivity (Wildman–Crippen MR) is 73.5 cm³/mol. The highest BCUT2D eigenvalue weighted by Crippen LogP contribution is 2.43. The number of likely N-dealkylation sites (tertiary alicyclic amines) is 1. The number of carbonyl (C=O) groups is 1. The van der Waals surface area contributed by atoms with Crippen LogP contribution < -0.4 is 0 Å². The normalized spacial score (nSPS) is 21.0. The van der Waals surface area contributed by atoms with E-state index in [0.29, 0.717) is 6.61 Å². The number of fused-ring (bicyclic) bond motifs is 2. The maximum absolute atomic E-state index is 11.8. The van der Waals surface area contributed by atoms with E-state index in [4.69, 9.17) is 4.74 Å². The topological polar surface area (TPSA) is 29.5 Å². The summed E-state index contributed by atoms with van der Waals surface area (Å²) in [6, 6.07) is 8.45. The molecule has 0 bridgehead atoms. The van der Waals surface area contributed by atoms with Crippen LogP contribution in [0.4, 0.5) is 0 Å². The van der Waals surface area contributed by atoms with Crippen molar-refractivity contribution < 1.29 is 9.53 Å². The minimum Gasteiger partial charge on any atom is -0.365 e. The van der Waals surface area contributed by atoms with Crippen LogP contribution in [-0.2, 0) is 21.7 Å². The quantitative estimate of drug-likeness (QED) is 0.724. The Morgan fingerprint density at radius 3 is 2.79 bits per heavy atom. The predicted octanol–water partition coefficient (Wildman–Crippen LogP) is 2.61. The van der Waals surface area contributed by atoms with Crippen LogP contribution in [0.5, 0.6) is 0 Å². The highest BCUT2D eigenvalue weighted by molar-refractivity contribution is 5.87. The summed E-state index contributed by atoms with van der Waals surface area (Å²) in [5.74, 6) is 0.114. The van der Waals surface area contributed by atoms with E-state index in [1.165, 1.54) is 11.1 Å². The maximum Gasteiger partial charge on any atom is 0.246 e. The summed E-state index contributed by atoms with van der Waals surface area (Å²) >= 11 is 0. The second-order valence-electron chi connectivity index (χ2n) is 5.27. The Bertz CT molecular complexity index is 513. The summed E-state index contributed by atoms with van der Waals surface area (Å²) in [4.78, 5) is 13.8. The number of rotatable bonds is 1. The van der Waals surface area contributed by atoms with Crippen molar-refractivity contribution in [2.24, 2.45) is 0 Å². The number of hydrogen-bond donors (Lipinski definition) is 0. The number of ether oxygens (including phenoxy) is 1. The van der Waals surface area contributed by atoms with E-state index in [9.17, 15) is 4.79 Å². The molecule has 0 saturated carbocycles. The van der Waals surface area contributed by atoms with Gasteiger partial charge in [0.1, 0.15) is 0 Å². The van der Waals surface area contributed by atoms with Gasteiger partial charge in [-0.1, -0.05) is 30.3 Å². The smallest absolute Gasteiger partial charge is 0.246 e. The summed E-state index contributed by atoms with van der Waals surface area (Å²) in [6.45, 7) is 4.13. The molecule has 1 aromatic rings. The van der Waals surface area contributed by atoms with Crippen molar-refractivity contribution in [1.82, 2.24) is 4.90 Å². The monoisotopic (exact) mass is 257 g/mol. The number of hydrogen-bond acceptors (Lipinski definition) is 2. The zero-order valence-electron chi connectivity index (χ0n) is 11.3. The van der Waals surface area contributed by atoms with Crippen LogP contribution in [0.15, 0.2) is 36.4 Å². The first-order valence-corrected chi connectivity index (χ1v) is 6.89. The Morgan fingerprint density at radius 1 is 1.32 bits per heavy atom. The summed E-state index contributed by atoms with van der Waals surface area (Å²) in [5.41, 5.74) is 2.48. The van der Waals surface area contributed by atoms with Crippen molar-refractivity contribution in [1.29, 1.82) is 0 Å². The van der Waals surface area contributed by atoms with Crippen LogP contribution in [-0.4, -0.2) is 23.9 Å². The zero-order valence-corrected chi connectivity index (χ0v) is 11.3. The van der Waals surface area contributed by atoms with Crippen LogP contribution in [0, 0.1) is 0 Å². The molecule has 2 heterocycles. The SMILES string of the molecule is C/C=C/C(=O)N1CCC2(CC1)OCc1ccccc12. The van der Waals surface area contributed by atoms with Gasteiger partial charge in [0.25, 0.3) is 0 Å². The zero-order chi connectivity index (χ0) is 13.3. The molecule has 3 rings (SSSR count). The van der Waals surface area contributed by atoms with E-state index in [-0.39, 0.29) is 11.5 Å². The van der Waals surface area contributed by atoms with Gasteiger partial charge in [-0.25, -0.2) is 0 Å². The maximum atomic E-state index is 11.8. The summed E-state index contributed by atoms with van der Waals surface area (Å²) in [7, 11) is 0. The molecule has 0 aliphatic carbocycles. The first-order valence-electron chi connectivity index (χ1n) is 6.89. The van der Waals surface area contributed by atoms with Crippen molar-refractivity contribution >= 4 is 5.91 Å². The van der Waals surface area contributed by atoms with Crippen LogP contribution in [0.25, 0.3) is 0 Å². The molecule has 0 N–H and O–H groups in total. The molecule has 2 aliphatic heterocycles. The van der Waals surface area contributed by atoms with Gasteiger partial charge in [-0.05, 0) is 37.0 Å². The lowest BCUT2D eigenvalue weighted by atomic mass is 9.84. The molecular formula is C16H19NO2. The van der Waals surface area contributed by atoms with Gasteiger partial charge in [-0.2, -0.15) is 0 Å². The van der Waals surface area contributed by atoms with Gasteiger partial charge in [-0.15, -0.1) is 0 Å². The molecule has 0 radical (unpaired) electrons. The molecular weight excluding hydrogens is 238 g/mol. The number of piperidine rings is 1. The number of allylic oxidation sites excluding steroid dienone is 1. The Kier molecular flexibility index (Phi) is 3.15. The average molecular weight is 257 g/mol. The number of carbonyl (C=O) groups excluding carboxylic acids is 1. The highest BCUT2D eigenvalue weighted by atomic mass is 16.5. The molecule has 1 amide bonds. The molecule has 19 heavy (non-hydrogen) atoms. The lowest BCUT2D eigenvalue weighted by molar-refractivity contribution is -0.133. The van der Waals surface area contributed by atoms with Gasteiger partial charge in [0.05, 0.1) is 12.2 Å². The molecule has 3 nitrogen and oxygen atoms in total. The Labute approximate surface area is 113 Å². The van der Waals surface area contributed by atoms with Crippen molar-refractivity contribution in [3.8, 4) is 0 Å². The third-order valence-corrected chi connectivity index (χ3v) is 4.20. The standard InChI is InChI=1S/C16H19NO2/c1-2-5-15(18)17-10-8-16(9-11-17)14-7-4-3-6-13(14)12-19-16/h2-7H,8-12H2,1H3/b5-2+. The third kappa shape index (κ3) is 2.08. The van der Waals surface area contributed by atoms with Gasteiger partial charge < -0.3 is 9.64 Å². The molecule has 0 unspecified atom stereocenters. The van der Waals surface area contributed by atoms with Crippen LogP contribution >= 0.6 is 0 Å². The first kappa shape index (κ1) is 12.4. The lowest BCUT2D eigenvalue weighted by Gasteiger charge is -2.39. The van der Waals surface area contributed by atoms with Gasteiger partial charge in [0, 0.05) is 13.1 Å². The van der Waals surface area contributed by atoms with Gasteiger partial charge >= 0.3 is 0 Å². The van der Waals surface area contributed by atoms with Gasteiger partial charge in [0.15, 0.2) is 0 Å². The second kappa shape index (κ2) is 4.82. The van der Waals surface area contributed by atoms with E-state index in [1.807, 2.05) is 11.8 Å². The number of nitrogens with zero attached hydrogens (tertiary/aromatic N) is 1. The molecule has 2 aliphatic rings. The fraction of sp³-hybridized carbons (Fsp3) is 0.438. The van der Waals surface area contributed by atoms with Crippen LogP contribution in [0.3, 0.4) is 0 Å². The van der Waals surface area contributed by atoms with E-state index in [1.54, 1.807) is 12.2 Å². The minimum absolute atomic E-state index is 0.114. The molecule has 0 atom stereocenters. The summed E-state index contributed by atoms with van der Waals surface area (Å²) in [6.07, 6.45) is 5.23. The van der Waals surface area contributed by atoms with E-state index >= 15 is 0 Å². The summed E-state index contributed by atoms with van der Waals surface area (Å²) in [5, 5.41) is 0. The van der Waals surface area contributed by atoms with Gasteiger partial charge in [-0.3, -0.25) is 4.79 Å². The Balaban J connectivity index is 1.76. The fourth-order valence-corrected chi connectivity index (χ4v) is 3.13. The lowest BCUT2D eigenvalue weighted by Crippen LogP contribution is -2.44. The molecule has 0 aromatic heterocycles. The number of amides is 1. The molecule has 1 spiro atoms. The Morgan fingerprint density at radius 2 is 2.05 bits per heavy atom. The summed E-state index contributed by atoms with van der Waals surface area (Å²) < 4.78 is 6.08. The van der Waals surface area contributed by atoms with Gasteiger partial charge in [0.2, 0.25) is 5.91 Å². The largest absolute Gasteiger partial charge is 0.365 e. The van der Waals surface area contributed by atoms with Crippen LogP contribution in [0.2, 0.25) is 0 Å². The van der Waals surface area contributed by atoms with Crippen molar-refractivity contribution in [2.45, 2.75) is 32.0 Å². The average Bonchev–Trinajstić information content (AvgIpc) is 2.80. The molecule has 100 valence electrons. The second-order valence-corrected chi connectivity index (χ2v) is 5.27. The third-order valence-electron chi connectivity index (χ3n) is 4.20. The number of benzene rings is 1. The fourth-order valence-electron chi connectivity index (χ4n) is 3.13. The first-order chi connectivity index (χ1) is 9.25. The van der Waals surface area contributed by atoms with Crippen LogP contribution in [0.1, 0.15) is 30.9 Å².